The Hall–Kier alpha value is -0.720. The highest BCUT2D eigenvalue weighted by atomic mass is 35.5. The van der Waals surface area contributed by atoms with Crippen LogP contribution in [0.15, 0.2) is 26.4 Å². The van der Waals surface area contributed by atoms with E-state index in [9.17, 15) is 0 Å². The molecule has 1 aliphatic rings. The van der Waals surface area contributed by atoms with Crippen molar-refractivity contribution in [2.24, 2.45) is 15.5 Å². The molecule has 0 saturated heterocycles. The number of hydrogen-bond donors (Lipinski definition) is 1. The number of hydrogen-bond acceptors (Lipinski definition) is 4. The van der Waals surface area contributed by atoms with Gasteiger partial charge >= 0.3 is 0 Å². The van der Waals surface area contributed by atoms with Crippen LogP contribution in [0.4, 0.5) is 0 Å². The monoisotopic (exact) mass is 316 g/mol. The van der Waals surface area contributed by atoms with Crippen LogP contribution >= 0.6 is 34.9 Å². The number of thiophene rings is 1. The Balaban J connectivity index is 1.99. The van der Waals surface area contributed by atoms with Gasteiger partial charge in [0.2, 0.25) is 5.96 Å². The number of nitrogens with zero attached hydrogens (tertiary/aromatic N) is 3. The Morgan fingerprint density at radius 1 is 1.58 bits per heavy atom. The van der Waals surface area contributed by atoms with Gasteiger partial charge in [-0.25, -0.2) is 5.01 Å². The highest BCUT2D eigenvalue weighted by Gasteiger charge is 2.33. The molecule has 0 radical (unpaired) electrons. The number of hydrazone groups is 1. The van der Waals surface area contributed by atoms with E-state index in [0.29, 0.717) is 0 Å². The molecule has 0 spiro atoms. The molecule has 1 aromatic heterocycles. The molecule has 0 atom stereocenters. The highest BCUT2D eigenvalue weighted by molar-refractivity contribution is 7.99. The molecule has 1 aliphatic heterocycles. The van der Waals surface area contributed by atoms with Crippen molar-refractivity contribution >= 4 is 46.6 Å². The second-order valence-electron chi connectivity index (χ2n) is 4.94. The lowest BCUT2D eigenvalue weighted by molar-refractivity contribution is 0.379. The first-order valence-electron chi connectivity index (χ1n) is 5.90. The molecule has 2 rings (SSSR count). The van der Waals surface area contributed by atoms with Crippen LogP contribution in [0.1, 0.15) is 20.8 Å². The predicted octanol–water partition coefficient (Wildman–Crippen LogP) is 3.70. The van der Waals surface area contributed by atoms with Crippen molar-refractivity contribution < 1.29 is 0 Å². The molecule has 0 fully saturated rings. The van der Waals surface area contributed by atoms with Crippen LogP contribution in [-0.4, -0.2) is 30.3 Å². The summed E-state index contributed by atoms with van der Waals surface area (Å²) < 4.78 is 5.13. The lowest BCUT2D eigenvalue weighted by Crippen LogP contribution is -2.36. The standard InChI is InChI=1S/C12H17ClN4S2/c1-8-12(2,3)7-17(15-8)11(14-4)16-19-10-6-5-9(13)18-10/h5-6H,7H2,1-4H3,(H,14,16). The molecule has 1 N–H and O–H groups in total. The number of halogens is 1. The lowest BCUT2D eigenvalue weighted by Gasteiger charge is -2.21. The molecular formula is C12H17ClN4S2. The summed E-state index contributed by atoms with van der Waals surface area (Å²) in [6.45, 7) is 7.26. The topological polar surface area (TPSA) is 40.0 Å². The Bertz CT molecular complexity index is 522. The highest BCUT2D eigenvalue weighted by Crippen LogP contribution is 2.30. The van der Waals surface area contributed by atoms with Crippen molar-refractivity contribution in [3.8, 4) is 0 Å². The van der Waals surface area contributed by atoms with E-state index in [0.717, 1.165) is 26.8 Å². The van der Waals surface area contributed by atoms with Gasteiger partial charge in [0.25, 0.3) is 0 Å². The molecule has 0 bridgehead atoms. The van der Waals surface area contributed by atoms with E-state index >= 15 is 0 Å². The van der Waals surface area contributed by atoms with Crippen LogP contribution in [0, 0.1) is 5.41 Å². The zero-order chi connectivity index (χ0) is 14.0. The first-order chi connectivity index (χ1) is 8.92. The van der Waals surface area contributed by atoms with Gasteiger partial charge < -0.3 is 0 Å². The summed E-state index contributed by atoms with van der Waals surface area (Å²) in [5, 5.41) is 6.46. The number of guanidine groups is 1. The van der Waals surface area contributed by atoms with Crippen molar-refractivity contribution in [3.05, 3.63) is 16.5 Å². The quantitative estimate of drug-likeness (QED) is 0.514. The van der Waals surface area contributed by atoms with Crippen molar-refractivity contribution in [3.63, 3.8) is 0 Å². The molecule has 0 amide bonds. The second kappa shape index (κ2) is 5.73. The maximum absolute atomic E-state index is 5.91. The van der Waals surface area contributed by atoms with Gasteiger partial charge in [0.15, 0.2) is 0 Å². The van der Waals surface area contributed by atoms with Crippen molar-refractivity contribution in [1.29, 1.82) is 0 Å². The van der Waals surface area contributed by atoms with Crippen molar-refractivity contribution in [2.45, 2.75) is 25.0 Å². The minimum atomic E-state index is 0.0918. The Kier molecular flexibility index (Phi) is 4.43. The molecule has 4 nitrogen and oxygen atoms in total. The molecule has 0 aromatic carbocycles. The lowest BCUT2D eigenvalue weighted by atomic mass is 9.89. The van der Waals surface area contributed by atoms with E-state index in [1.165, 1.54) is 23.3 Å². The Morgan fingerprint density at radius 3 is 2.79 bits per heavy atom. The maximum Gasteiger partial charge on any atom is 0.225 e. The number of nitrogens with one attached hydrogen (secondary N) is 1. The average Bonchev–Trinajstić information content (AvgIpc) is 2.85. The summed E-state index contributed by atoms with van der Waals surface area (Å²) in [5.41, 5.74) is 1.22. The third kappa shape index (κ3) is 3.43. The molecule has 19 heavy (non-hydrogen) atoms. The van der Waals surface area contributed by atoms with Crippen LogP contribution in [-0.2, 0) is 0 Å². The van der Waals surface area contributed by atoms with Gasteiger partial charge in [-0.2, -0.15) is 5.10 Å². The summed E-state index contributed by atoms with van der Waals surface area (Å²) >= 11 is 8.95. The van der Waals surface area contributed by atoms with Crippen LogP contribution in [0.5, 0.6) is 0 Å². The second-order valence-corrected chi connectivity index (χ2v) is 7.76. The third-order valence-corrected chi connectivity index (χ3v) is 5.19. The third-order valence-electron chi connectivity index (χ3n) is 3.04. The SMILES string of the molecule is CN=C(NSc1ccc(Cl)s1)N1CC(C)(C)C(C)=N1. The molecule has 0 unspecified atom stereocenters. The smallest absolute Gasteiger partial charge is 0.225 e. The molecular weight excluding hydrogens is 300 g/mol. The van der Waals surface area contributed by atoms with Gasteiger partial charge in [-0.3, -0.25) is 9.71 Å². The maximum atomic E-state index is 5.91. The van der Waals surface area contributed by atoms with E-state index in [1.54, 1.807) is 7.05 Å². The largest absolute Gasteiger partial charge is 0.294 e. The predicted molar refractivity (Wildman–Crippen MR) is 85.3 cm³/mol. The molecule has 2 heterocycles. The zero-order valence-corrected chi connectivity index (χ0v) is 13.8. The normalized spacial score (nSPS) is 18.7. The van der Waals surface area contributed by atoms with E-state index in [2.05, 4.69) is 35.6 Å². The molecule has 0 aliphatic carbocycles. The minimum absolute atomic E-state index is 0.0918. The minimum Gasteiger partial charge on any atom is -0.294 e. The average molecular weight is 317 g/mol. The van der Waals surface area contributed by atoms with Crippen LogP contribution in [0.2, 0.25) is 4.34 Å². The fourth-order valence-corrected chi connectivity index (χ4v) is 3.62. The van der Waals surface area contributed by atoms with E-state index in [-0.39, 0.29) is 5.41 Å². The summed E-state index contributed by atoms with van der Waals surface area (Å²) in [4.78, 5) is 4.27. The van der Waals surface area contributed by atoms with E-state index in [1.807, 2.05) is 17.1 Å². The first-order valence-corrected chi connectivity index (χ1v) is 7.91. The van der Waals surface area contributed by atoms with Gasteiger partial charge in [-0.1, -0.05) is 25.4 Å². The van der Waals surface area contributed by atoms with Crippen LogP contribution in [0.3, 0.4) is 0 Å². The van der Waals surface area contributed by atoms with Gasteiger partial charge in [0.05, 0.1) is 15.1 Å². The summed E-state index contributed by atoms with van der Waals surface area (Å²) in [7, 11) is 1.76. The summed E-state index contributed by atoms with van der Waals surface area (Å²) in [5.74, 6) is 0.763. The van der Waals surface area contributed by atoms with Gasteiger partial charge in [-0.15, -0.1) is 11.3 Å². The summed E-state index contributed by atoms with van der Waals surface area (Å²) in [6, 6.07) is 3.88. The fraction of sp³-hybridized carbons (Fsp3) is 0.500. The van der Waals surface area contributed by atoms with Gasteiger partial charge in [-0.05, 0) is 31.0 Å². The fourth-order valence-electron chi connectivity index (χ4n) is 1.63. The first kappa shape index (κ1) is 14.7. The van der Waals surface area contributed by atoms with Crippen molar-refractivity contribution in [2.75, 3.05) is 13.6 Å². The zero-order valence-electron chi connectivity index (χ0n) is 11.4. The molecule has 104 valence electrons. The Morgan fingerprint density at radius 2 is 2.32 bits per heavy atom. The van der Waals surface area contributed by atoms with Crippen LogP contribution < -0.4 is 4.72 Å². The number of aliphatic imine (C=N–C) groups is 1. The van der Waals surface area contributed by atoms with Crippen LogP contribution in [0.25, 0.3) is 0 Å². The Labute approximate surface area is 127 Å². The molecule has 0 saturated carbocycles. The van der Waals surface area contributed by atoms with Crippen molar-refractivity contribution in [1.82, 2.24) is 9.73 Å². The van der Waals surface area contributed by atoms with Gasteiger partial charge in [0.1, 0.15) is 0 Å². The number of rotatable bonds is 2. The summed E-state index contributed by atoms with van der Waals surface area (Å²) in [6.07, 6.45) is 0. The van der Waals surface area contributed by atoms with Gasteiger partial charge in [0, 0.05) is 18.2 Å². The molecule has 7 heteroatoms. The molecule has 1 aromatic rings. The van der Waals surface area contributed by atoms with E-state index < -0.39 is 0 Å². The van der Waals surface area contributed by atoms with E-state index in [4.69, 9.17) is 11.6 Å².